The van der Waals surface area contributed by atoms with Gasteiger partial charge in [-0.15, -0.1) is 0 Å². The fourth-order valence-corrected chi connectivity index (χ4v) is 7.46. The SMILES string of the molecule is Brc1cccn2nccc12.CC(C)(O)C#Cc1cccn2ncc(Br)c12.CC(C)(O)C#Cc1cccn2nccc12.Cn1cc(-c2ccc(-c3cnn4cccc(C#CC(C)(C)O)c34)cc2)cn1. The second-order valence-electron chi connectivity index (χ2n) is 17.0. The molecule has 9 heterocycles. The number of aryl methyl sites for hydroxylation is 1. The third-order valence-corrected chi connectivity index (χ3v) is 10.9. The van der Waals surface area contributed by atoms with E-state index in [-0.39, 0.29) is 0 Å². The summed E-state index contributed by atoms with van der Waals surface area (Å²) in [6.07, 6.45) is 18.5. The molecule has 0 atom stereocenters. The topological polar surface area (TPSA) is 148 Å². The van der Waals surface area contributed by atoms with Crippen LogP contribution >= 0.6 is 31.9 Å². The fraction of sp³-hybridized carbons (Fsp3) is 0.189. The Labute approximate surface area is 411 Å². The monoisotopic (exact) mass is 1030 g/mol. The number of hydrogen-bond acceptors (Lipinski definition) is 8. The number of fused-ring (bicyclic) bond motifs is 4. The molecule has 10 aromatic rings. The zero-order valence-corrected chi connectivity index (χ0v) is 41.6. The van der Waals surface area contributed by atoms with E-state index in [1.165, 1.54) is 0 Å². The Balaban J connectivity index is 0.000000143. The van der Waals surface area contributed by atoms with E-state index in [0.717, 1.165) is 70.0 Å². The highest BCUT2D eigenvalue weighted by atomic mass is 79.9. The summed E-state index contributed by atoms with van der Waals surface area (Å²) in [4.78, 5) is 0. The number of pyridine rings is 4. The maximum absolute atomic E-state index is 9.93. The number of aliphatic hydroxyl groups is 3. The minimum absolute atomic E-state index is 0.837. The first kappa shape index (κ1) is 48.6. The number of halogens is 2. The molecule has 0 aliphatic carbocycles. The Bertz CT molecular complexity index is 3540. The van der Waals surface area contributed by atoms with E-state index in [9.17, 15) is 15.3 Å². The Kier molecular flexibility index (Phi) is 14.8. The van der Waals surface area contributed by atoms with Crippen LogP contribution in [0.4, 0.5) is 0 Å². The minimum Gasteiger partial charge on any atom is -0.378 e. The smallest absolute Gasteiger partial charge is 0.120 e. The van der Waals surface area contributed by atoms with E-state index < -0.39 is 16.8 Å². The van der Waals surface area contributed by atoms with E-state index in [1.54, 1.807) is 73.8 Å². The Hall–Kier alpha value is -7.29. The summed E-state index contributed by atoms with van der Waals surface area (Å²) in [5, 5.41) is 50.0. The summed E-state index contributed by atoms with van der Waals surface area (Å²) < 4.78 is 10.9. The van der Waals surface area contributed by atoms with Gasteiger partial charge in [0.05, 0.1) is 74.2 Å². The van der Waals surface area contributed by atoms with Crippen molar-refractivity contribution in [3.63, 3.8) is 0 Å². The Morgan fingerprint density at radius 2 is 0.926 bits per heavy atom. The molecule has 0 fully saturated rings. The van der Waals surface area contributed by atoms with Gasteiger partial charge < -0.3 is 15.3 Å². The van der Waals surface area contributed by atoms with Gasteiger partial charge in [-0.05, 0) is 145 Å². The van der Waals surface area contributed by atoms with E-state index in [2.05, 4.69) is 117 Å². The van der Waals surface area contributed by atoms with Crippen molar-refractivity contribution in [2.75, 3.05) is 0 Å². The summed E-state index contributed by atoms with van der Waals surface area (Å²) >= 11 is 6.84. The molecule has 0 spiro atoms. The quantitative estimate of drug-likeness (QED) is 0.145. The van der Waals surface area contributed by atoms with Crippen molar-refractivity contribution in [2.24, 2.45) is 7.05 Å². The van der Waals surface area contributed by atoms with Gasteiger partial charge in [0, 0.05) is 53.6 Å². The molecule has 1 aromatic carbocycles. The van der Waals surface area contributed by atoms with Gasteiger partial charge in [-0.1, -0.05) is 59.8 Å². The van der Waals surface area contributed by atoms with Crippen molar-refractivity contribution in [1.82, 2.24) is 48.2 Å². The lowest BCUT2D eigenvalue weighted by molar-refractivity contribution is 0.143. The number of hydrogen-bond donors (Lipinski definition) is 3. The maximum atomic E-state index is 9.93. The van der Waals surface area contributed by atoms with Crippen molar-refractivity contribution in [3.05, 3.63) is 173 Å². The van der Waals surface area contributed by atoms with Crippen molar-refractivity contribution in [1.29, 1.82) is 0 Å². The van der Waals surface area contributed by atoms with Gasteiger partial charge in [0.1, 0.15) is 16.8 Å². The number of aromatic nitrogens is 10. The van der Waals surface area contributed by atoms with Gasteiger partial charge in [-0.2, -0.15) is 25.5 Å². The van der Waals surface area contributed by atoms with Crippen molar-refractivity contribution < 1.29 is 15.3 Å². The highest BCUT2D eigenvalue weighted by Crippen LogP contribution is 2.29. The standard InChI is InChI=1S/C22H20N4O.C12H11BrN2O.C12H12N2O.C7H5BrN2/c1-22(2,27)11-10-18-5-4-12-26-21(18)20(14-24-26)17-8-6-16(7-9-17)19-13-23-25(3)15-19;1-12(2,16)6-5-9-4-3-7-15-11(9)10(13)8-14-15;1-12(2,15)7-5-10-4-3-9-14-11(10)6-8-13-14;8-6-2-1-5-10-7(6)3-4-9-10/h4-9,12-15,27H,1-3H3;3-4,7-8,16H,1-2H3;3-4,6,8-9,15H,1-2H3;1-5H. The molecule has 0 radical (unpaired) electrons. The third kappa shape index (κ3) is 12.8. The normalized spacial score (nSPS) is 11.2. The zero-order chi connectivity index (χ0) is 48.6. The first-order chi connectivity index (χ1) is 32.3. The Morgan fingerprint density at radius 1 is 0.456 bits per heavy atom. The molecule has 0 saturated heterocycles. The summed E-state index contributed by atoms with van der Waals surface area (Å²) in [5.41, 5.74) is 7.73. The van der Waals surface area contributed by atoms with Crippen LogP contribution in [0.5, 0.6) is 0 Å². The average molecular weight is 1030 g/mol. The van der Waals surface area contributed by atoms with Crippen LogP contribution < -0.4 is 0 Å². The van der Waals surface area contributed by atoms with Crippen molar-refractivity contribution in [3.8, 4) is 57.8 Å². The molecule has 68 heavy (non-hydrogen) atoms. The lowest BCUT2D eigenvalue weighted by atomic mass is 10.0. The first-order valence-electron chi connectivity index (χ1n) is 21.3. The van der Waals surface area contributed by atoms with Gasteiger partial charge >= 0.3 is 0 Å². The molecule has 0 amide bonds. The average Bonchev–Trinajstić information content (AvgIpc) is 4.16. The zero-order valence-electron chi connectivity index (χ0n) is 38.4. The van der Waals surface area contributed by atoms with Crippen LogP contribution in [-0.4, -0.2) is 80.4 Å². The molecular formula is C53H48Br2N10O3. The highest BCUT2D eigenvalue weighted by Gasteiger charge is 2.13. The lowest BCUT2D eigenvalue weighted by Crippen LogP contribution is -2.14. The molecule has 0 bridgehead atoms. The number of benzene rings is 1. The van der Waals surface area contributed by atoms with Gasteiger partial charge in [0.2, 0.25) is 0 Å². The van der Waals surface area contributed by atoms with Crippen LogP contribution in [0.2, 0.25) is 0 Å². The molecule has 0 aliphatic rings. The van der Waals surface area contributed by atoms with Gasteiger partial charge in [-0.25, -0.2) is 18.1 Å². The molecule has 0 saturated carbocycles. The molecule has 0 aliphatic heterocycles. The van der Waals surface area contributed by atoms with Crippen LogP contribution in [0.1, 0.15) is 58.2 Å². The minimum atomic E-state index is -1.04. The van der Waals surface area contributed by atoms with Crippen LogP contribution in [0.15, 0.2) is 156 Å². The van der Waals surface area contributed by atoms with E-state index in [4.69, 9.17) is 0 Å². The largest absolute Gasteiger partial charge is 0.378 e. The number of rotatable bonds is 2. The second-order valence-corrected chi connectivity index (χ2v) is 18.7. The lowest BCUT2D eigenvalue weighted by Gasteiger charge is -2.07. The predicted molar refractivity (Wildman–Crippen MR) is 273 cm³/mol. The molecular weight excluding hydrogens is 984 g/mol. The molecule has 13 nitrogen and oxygen atoms in total. The molecule has 9 aromatic heterocycles. The summed E-state index contributed by atoms with van der Waals surface area (Å²) in [5.74, 6) is 17.5. The molecule has 15 heteroatoms. The van der Waals surface area contributed by atoms with Crippen molar-refractivity contribution >= 4 is 53.9 Å². The second kappa shape index (κ2) is 20.7. The fourth-order valence-electron chi connectivity index (χ4n) is 6.51. The first-order valence-corrected chi connectivity index (χ1v) is 22.8. The molecule has 3 N–H and O–H groups in total. The predicted octanol–water partition coefficient (Wildman–Crippen LogP) is 9.30. The molecule has 0 unspecified atom stereocenters. The molecule has 342 valence electrons. The molecule has 10 rings (SSSR count). The van der Waals surface area contributed by atoms with Crippen LogP contribution in [-0.2, 0) is 7.05 Å². The van der Waals surface area contributed by atoms with Crippen molar-refractivity contribution in [2.45, 2.75) is 58.3 Å². The highest BCUT2D eigenvalue weighted by molar-refractivity contribution is 9.11. The summed E-state index contributed by atoms with van der Waals surface area (Å²) in [6.45, 7) is 9.99. The van der Waals surface area contributed by atoms with Crippen LogP contribution in [0.3, 0.4) is 0 Å². The third-order valence-electron chi connectivity index (χ3n) is 9.60. The Morgan fingerprint density at radius 3 is 1.49 bits per heavy atom. The maximum Gasteiger partial charge on any atom is 0.120 e. The van der Waals surface area contributed by atoms with E-state index in [0.29, 0.717) is 0 Å². The van der Waals surface area contributed by atoms with Gasteiger partial charge in [-0.3, -0.25) is 4.68 Å². The van der Waals surface area contributed by atoms with Crippen LogP contribution in [0.25, 0.3) is 44.3 Å². The van der Waals surface area contributed by atoms with E-state index >= 15 is 0 Å². The summed E-state index contributed by atoms with van der Waals surface area (Å²) in [6, 6.07) is 27.6. The van der Waals surface area contributed by atoms with Gasteiger partial charge in [0.25, 0.3) is 0 Å². The van der Waals surface area contributed by atoms with Crippen LogP contribution in [0, 0.1) is 35.5 Å². The summed E-state index contributed by atoms with van der Waals surface area (Å²) in [7, 11) is 1.91. The van der Waals surface area contributed by atoms with Gasteiger partial charge in [0.15, 0.2) is 0 Å². The van der Waals surface area contributed by atoms with E-state index in [1.807, 2.05) is 120 Å². The number of nitrogens with zero attached hydrogens (tertiary/aromatic N) is 10.